The third-order valence-electron chi connectivity index (χ3n) is 6.86. The molecule has 0 saturated carbocycles. The number of thioether (sulfide) groups is 1. The number of aryl methyl sites for hydroxylation is 2. The Balaban J connectivity index is 1.55. The molecule has 3 heterocycles. The second kappa shape index (κ2) is 9.28. The van der Waals surface area contributed by atoms with Gasteiger partial charge in [-0.1, -0.05) is 48.2 Å². The third-order valence-corrected chi connectivity index (χ3v) is 7.88. The Kier molecular flexibility index (Phi) is 6.17. The number of amides is 2. The molecule has 8 heteroatoms. The maximum atomic E-state index is 14.1. The highest BCUT2D eigenvalue weighted by molar-refractivity contribution is 7.99. The van der Waals surface area contributed by atoms with Gasteiger partial charge in [0.15, 0.2) is 11.2 Å². The van der Waals surface area contributed by atoms with E-state index in [1.165, 1.54) is 11.8 Å². The fourth-order valence-electron chi connectivity index (χ4n) is 5.15. The summed E-state index contributed by atoms with van der Waals surface area (Å²) in [5.41, 5.74) is 10.7. The van der Waals surface area contributed by atoms with Crippen LogP contribution in [0.5, 0.6) is 0 Å². The number of aromatic nitrogens is 3. The van der Waals surface area contributed by atoms with E-state index in [0.29, 0.717) is 18.8 Å². The first-order valence-electron chi connectivity index (χ1n) is 11.7. The van der Waals surface area contributed by atoms with Gasteiger partial charge in [-0.15, -0.1) is 0 Å². The maximum absolute atomic E-state index is 14.1. The lowest BCUT2D eigenvalue weighted by molar-refractivity contribution is -0.134. The standard InChI is InChI=1S/C27H27N5O2S/c1-18-12-13-21-22(16-18)31(2)27(30-21)35-17-24(33)32(15-7-11-23(32)25(28)34)26-20(10-6-14-29-26)19-8-4-3-5-9-19/h3-6,8-10,12-14,16,23H,7,11,15,17H2,1-2H3,(H-,28,34)/p+1/t23-,32?/m0/s1. The van der Waals surface area contributed by atoms with Gasteiger partial charge in [-0.05, 0) is 42.3 Å². The van der Waals surface area contributed by atoms with Gasteiger partial charge in [0.2, 0.25) is 5.82 Å². The molecule has 5 rings (SSSR count). The molecule has 0 aliphatic carbocycles. The first-order chi connectivity index (χ1) is 16.9. The molecule has 2 amide bonds. The number of imidazole rings is 1. The van der Waals surface area contributed by atoms with Gasteiger partial charge in [0.25, 0.3) is 5.91 Å². The predicted molar refractivity (Wildman–Crippen MR) is 140 cm³/mol. The van der Waals surface area contributed by atoms with E-state index >= 15 is 0 Å². The largest absolute Gasteiger partial charge is 0.364 e. The molecule has 0 spiro atoms. The number of fused-ring (bicyclic) bond motifs is 1. The van der Waals surface area contributed by atoms with Crippen molar-refractivity contribution < 1.29 is 9.59 Å². The first-order valence-corrected chi connectivity index (χ1v) is 12.7. The van der Waals surface area contributed by atoms with Crippen molar-refractivity contribution >= 4 is 40.4 Å². The Bertz CT molecular complexity index is 1420. The van der Waals surface area contributed by atoms with Crippen LogP contribution in [0.15, 0.2) is 72.0 Å². The molecule has 35 heavy (non-hydrogen) atoms. The fourth-order valence-corrected chi connectivity index (χ4v) is 6.08. The number of quaternary nitrogens is 1. The number of likely N-dealkylation sites (tertiary alicyclic amines) is 1. The van der Waals surface area contributed by atoms with Gasteiger partial charge < -0.3 is 10.3 Å². The van der Waals surface area contributed by atoms with Gasteiger partial charge in [0.05, 0.1) is 23.1 Å². The lowest BCUT2D eigenvalue weighted by Crippen LogP contribution is -2.63. The average molecular weight is 487 g/mol. The van der Waals surface area contributed by atoms with E-state index in [1.807, 2.05) is 73.1 Å². The number of benzene rings is 2. The van der Waals surface area contributed by atoms with Crippen molar-refractivity contribution in [2.75, 3.05) is 12.3 Å². The molecule has 1 saturated heterocycles. The van der Waals surface area contributed by atoms with E-state index in [2.05, 4.69) is 6.07 Å². The summed E-state index contributed by atoms with van der Waals surface area (Å²) in [6, 6.07) is 19.1. The number of nitrogens with zero attached hydrogens (tertiary/aromatic N) is 4. The smallest absolute Gasteiger partial charge is 0.331 e. The minimum absolute atomic E-state index is 0.0876. The van der Waals surface area contributed by atoms with Crippen LogP contribution in [0.2, 0.25) is 0 Å². The number of hydrogen-bond acceptors (Lipinski definition) is 5. The summed E-state index contributed by atoms with van der Waals surface area (Å²) in [6.45, 7) is 2.54. The Hall–Kier alpha value is -3.49. The molecule has 2 atom stereocenters. The summed E-state index contributed by atoms with van der Waals surface area (Å²) in [4.78, 5) is 36.1. The third kappa shape index (κ3) is 4.02. The fraction of sp³-hybridized carbons (Fsp3) is 0.259. The monoisotopic (exact) mass is 486 g/mol. The minimum Gasteiger partial charge on any atom is -0.364 e. The van der Waals surface area contributed by atoms with Gasteiger partial charge in [0.1, 0.15) is 5.75 Å². The Morgan fingerprint density at radius 3 is 2.71 bits per heavy atom. The van der Waals surface area contributed by atoms with Crippen LogP contribution in [-0.2, 0) is 16.6 Å². The van der Waals surface area contributed by atoms with E-state index in [1.54, 1.807) is 6.20 Å². The summed E-state index contributed by atoms with van der Waals surface area (Å²) in [5.74, 6) is 0.190. The van der Waals surface area contributed by atoms with Gasteiger partial charge in [-0.25, -0.2) is 19.2 Å². The SMILES string of the molecule is Cc1ccc2nc(SCC(=O)[N+]3(c4ncccc4-c4ccccc4)CCC[C@H]3C(N)=O)n(C)c2c1. The molecule has 1 fully saturated rings. The molecule has 1 unspecified atom stereocenters. The normalized spacial score (nSPS) is 19.8. The molecule has 0 radical (unpaired) electrons. The van der Waals surface area contributed by atoms with Crippen LogP contribution in [0.25, 0.3) is 22.2 Å². The van der Waals surface area contributed by atoms with Crippen LogP contribution < -0.4 is 10.2 Å². The van der Waals surface area contributed by atoms with Gasteiger partial charge in [0, 0.05) is 26.1 Å². The van der Waals surface area contributed by atoms with E-state index in [-0.39, 0.29) is 16.1 Å². The Morgan fingerprint density at radius 1 is 1.14 bits per heavy atom. The molecular weight excluding hydrogens is 458 g/mol. The molecule has 2 aromatic carbocycles. The number of rotatable bonds is 6. The summed E-state index contributed by atoms with van der Waals surface area (Å²) in [6.07, 6.45) is 2.97. The molecule has 0 bridgehead atoms. The van der Waals surface area contributed by atoms with Crippen molar-refractivity contribution in [3.05, 3.63) is 72.4 Å². The molecular formula is C27H28N5O2S+. The number of hydrogen-bond donors (Lipinski definition) is 1. The van der Waals surface area contributed by atoms with Crippen LogP contribution in [0, 0.1) is 6.92 Å². The van der Waals surface area contributed by atoms with E-state index < -0.39 is 11.9 Å². The molecule has 2 N–H and O–H groups in total. The lowest BCUT2D eigenvalue weighted by atomic mass is 10.0. The highest BCUT2D eigenvalue weighted by Gasteiger charge is 2.54. The van der Waals surface area contributed by atoms with Crippen molar-refractivity contribution in [1.29, 1.82) is 0 Å². The van der Waals surface area contributed by atoms with Crippen LogP contribution in [0.3, 0.4) is 0 Å². The molecule has 4 aromatic rings. The van der Waals surface area contributed by atoms with E-state index in [4.69, 9.17) is 15.7 Å². The molecule has 178 valence electrons. The van der Waals surface area contributed by atoms with Crippen molar-refractivity contribution in [2.24, 2.45) is 12.8 Å². The van der Waals surface area contributed by atoms with Crippen LogP contribution >= 0.6 is 11.8 Å². The molecule has 2 aromatic heterocycles. The highest BCUT2D eigenvalue weighted by atomic mass is 32.2. The van der Waals surface area contributed by atoms with E-state index in [0.717, 1.165) is 39.3 Å². The number of nitrogens with two attached hydrogens (primary N) is 1. The quantitative estimate of drug-likeness (QED) is 0.326. The zero-order valence-corrected chi connectivity index (χ0v) is 20.7. The molecule has 1 aliphatic heterocycles. The van der Waals surface area contributed by atoms with Crippen molar-refractivity contribution in [2.45, 2.75) is 31.0 Å². The maximum Gasteiger partial charge on any atom is 0.331 e. The molecule has 1 aliphatic rings. The summed E-state index contributed by atoms with van der Waals surface area (Å²) in [7, 11) is 1.96. The summed E-state index contributed by atoms with van der Waals surface area (Å²) >= 11 is 1.39. The zero-order chi connectivity index (χ0) is 24.6. The number of carbonyl (C=O) groups excluding carboxylic acids is 2. The minimum atomic E-state index is -0.649. The predicted octanol–water partition coefficient (Wildman–Crippen LogP) is 4.22. The second-order valence-corrected chi connectivity index (χ2v) is 9.96. The second-order valence-electron chi connectivity index (χ2n) is 9.02. The van der Waals surface area contributed by atoms with Crippen LogP contribution in [0.1, 0.15) is 18.4 Å². The average Bonchev–Trinajstić information content (AvgIpc) is 3.46. The Morgan fingerprint density at radius 2 is 1.94 bits per heavy atom. The van der Waals surface area contributed by atoms with Crippen LogP contribution in [0.4, 0.5) is 5.82 Å². The van der Waals surface area contributed by atoms with Crippen molar-refractivity contribution in [3.8, 4) is 11.1 Å². The van der Waals surface area contributed by atoms with Crippen molar-refractivity contribution in [1.82, 2.24) is 19.0 Å². The number of carbonyl (C=O) groups is 2. The Labute approximate surface area is 208 Å². The topological polar surface area (TPSA) is 90.9 Å². The van der Waals surface area contributed by atoms with Gasteiger partial charge in [-0.2, -0.15) is 0 Å². The molecule has 7 nitrogen and oxygen atoms in total. The zero-order valence-electron chi connectivity index (χ0n) is 19.8. The van der Waals surface area contributed by atoms with Crippen LogP contribution in [-0.4, -0.2) is 44.7 Å². The highest BCUT2D eigenvalue weighted by Crippen LogP contribution is 2.41. The van der Waals surface area contributed by atoms with Crippen molar-refractivity contribution in [3.63, 3.8) is 0 Å². The van der Waals surface area contributed by atoms with Gasteiger partial charge in [-0.3, -0.25) is 4.79 Å². The summed E-state index contributed by atoms with van der Waals surface area (Å²) in [5, 5.41) is 0.760. The van der Waals surface area contributed by atoms with E-state index in [9.17, 15) is 9.59 Å². The lowest BCUT2D eigenvalue weighted by Gasteiger charge is -2.35. The number of pyridine rings is 1. The van der Waals surface area contributed by atoms with Gasteiger partial charge >= 0.3 is 5.91 Å². The summed E-state index contributed by atoms with van der Waals surface area (Å²) < 4.78 is 1.85. The first kappa shape index (κ1) is 23.3. The number of primary amides is 1.